The van der Waals surface area contributed by atoms with E-state index >= 15 is 0 Å². The molecule has 0 aromatic heterocycles. The largest absolute Gasteiger partial charge is 0.497 e. The number of carbonyl (C=O) groups is 1. The fraction of sp³-hybridized carbons (Fsp3) is 0.240. The Balaban J connectivity index is 1.82. The molecule has 3 aromatic rings. The summed E-state index contributed by atoms with van der Waals surface area (Å²) in [7, 11) is -2.40. The first-order valence-corrected chi connectivity index (χ1v) is 12.0. The van der Waals surface area contributed by atoms with Crippen molar-refractivity contribution in [3.63, 3.8) is 0 Å². The summed E-state index contributed by atoms with van der Waals surface area (Å²) in [6.07, 6.45) is 0. The highest BCUT2D eigenvalue weighted by Gasteiger charge is 2.27. The van der Waals surface area contributed by atoms with Crippen LogP contribution in [-0.4, -0.2) is 34.6 Å². The average Bonchev–Trinajstić information content (AvgIpc) is 2.83. The molecule has 0 radical (unpaired) electrons. The molecule has 0 aliphatic carbocycles. The Kier molecular flexibility index (Phi) is 7.95. The van der Waals surface area contributed by atoms with Gasteiger partial charge >= 0.3 is 0 Å². The number of benzene rings is 3. The predicted molar refractivity (Wildman–Crippen MR) is 128 cm³/mol. The van der Waals surface area contributed by atoms with E-state index in [1.54, 1.807) is 49.6 Å². The van der Waals surface area contributed by atoms with E-state index in [1.165, 1.54) is 12.1 Å². The number of amides is 1. The molecule has 0 bridgehead atoms. The number of hydrogen-bond donors (Lipinski definition) is 1. The van der Waals surface area contributed by atoms with Crippen molar-refractivity contribution >= 4 is 21.6 Å². The molecule has 3 aromatic carbocycles. The van der Waals surface area contributed by atoms with E-state index in [2.05, 4.69) is 5.32 Å². The molecular weight excluding hydrogens is 440 g/mol. The number of nitrogens with one attached hydrogen (secondary N) is 1. The van der Waals surface area contributed by atoms with Crippen molar-refractivity contribution in [3.8, 4) is 11.5 Å². The zero-order valence-electron chi connectivity index (χ0n) is 18.9. The summed E-state index contributed by atoms with van der Waals surface area (Å²) in [4.78, 5) is 13.0. The van der Waals surface area contributed by atoms with E-state index in [0.29, 0.717) is 23.8 Å². The molecule has 0 aliphatic rings. The van der Waals surface area contributed by atoms with E-state index in [4.69, 9.17) is 9.47 Å². The van der Waals surface area contributed by atoms with Gasteiger partial charge in [-0.2, -0.15) is 0 Å². The van der Waals surface area contributed by atoms with Crippen LogP contribution in [0.4, 0.5) is 5.69 Å². The van der Waals surface area contributed by atoms with Crippen LogP contribution >= 0.6 is 0 Å². The lowest BCUT2D eigenvalue weighted by Crippen LogP contribution is -2.41. The van der Waals surface area contributed by atoms with E-state index in [9.17, 15) is 13.2 Å². The number of anilines is 1. The second kappa shape index (κ2) is 10.9. The van der Waals surface area contributed by atoms with Gasteiger partial charge in [-0.25, -0.2) is 8.42 Å². The molecule has 1 atom stereocenters. The molecule has 0 saturated heterocycles. The van der Waals surface area contributed by atoms with Crippen LogP contribution in [0.25, 0.3) is 0 Å². The van der Waals surface area contributed by atoms with Gasteiger partial charge in [0.05, 0.1) is 30.3 Å². The molecular formula is C25H28N2O5S. The molecule has 0 saturated carbocycles. The van der Waals surface area contributed by atoms with E-state index < -0.39 is 15.9 Å². The van der Waals surface area contributed by atoms with Crippen molar-refractivity contribution < 1.29 is 22.7 Å². The minimum absolute atomic E-state index is 0.0748. The van der Waals surface area contributed by atoms with E-state index in [-0.39, 0.29) is 17.5 Å². The van der Waals surface area contributed by atoms with E-state index in [1.807, 2.05) is 38.1 Å². The molecule has 1 N–H and O–H groups in total. The maximum absolute atomic E-state index is 13.5. The Morgan fingerprint density at radius 1 is 0.939 bits per heavy atom. The third-order valence-electron chi connectivity index (χ3n) is 5.05. The van der Waals surface area contributed by atoms with Crippen molar-refractivity contribution in [1.82, 2.24) is 5.32 Å². The Bertz CT molecular complexity index is 1150. The Labute approximate surface area is 195 Å². The van der Waals surface area contributed by atoms with Crippen LogP contribution in [0.2, 0.25) is 0 Å². The highest BCUT2D eigenvalue weighted by molar-refractivity contribution is 7.92. The summed E-state index contributed by atoms with van der Waals surface area (Å²) in [5.74, 6) is 0.874. The van der Waals surface area contributed by atoms with Crippen molar-refractivity contribution in [2.75, 3.05) is 24.6 Å². The van der Waals surface area contributed by atoms with E-state index in [0.717, 1.165) is 9.87 Å². The second-order valence-electron chi connectivity index (χ2n) is 7.31. The Morgan fingerprint density at radius 2 is 1.55 bits per heavy atom. The topological polar surface area (TPSA) is 84.9 Å². The quantitative estimate of drug-likeness (QED) is 0.483. The van der Waals surface area contributed by atoms with Gasteiger partial charge in [-0.1, -0.05) is 30.3 Å². The SMILES string of the molecule is CCOc1ccc(S(=O)(=O)N(CC(=O)N[C@H](C)c2ccc(OC)cc2)c2ccccc2)cc1. The first kappa shape index (κ1) is 24.1. The van der Waals surface area contributed by atoms with Crippen molar-refractivity contribution in [3.05, 3.63) is 84.4 Å². The number of para-hydroxylation sites is 1. The van der Waals surface area contributed by atoms with Crippen LogP contribution in [0.3, 0.4) is 0 Å². The van der Waals surface area contributed by atoms with Crippen LogP contribution in [0.1, 0.15) is 25.5 Å². The summed E-state index contributed by atoms with van der Waals surface area (Å²) in [6, 6.07) is 21.8. The number of hydrogen-bond acceptors (Lipinski definition) is 5. The molecule has 0 unspecified atom stereocenters. The molecule has 0 aliphatic heterocycles. The monoisotopic (exact) mass is 468 g/mol. The number of ether oxygens (including phenoxy) is 2. The molecule has 7 nitrogen and oxygen atoms in total. The Morgan fingerprint density at radius 3 is 2.12 bits per heavy atom. The van der Waals surface area contributed by atoms with Crippen molar-refractivity contribution in [1.29, 1.82) is 0 Å². The molecule has 1 amide bonds. The van der Waals surface area contributed by atoms with Gasteiger partial charge < -0.3 is 14.8 Å². The minimum atomic E-state index is -3.99. The zero-order valence-corrected chi connectivity index (χ0v) is 19.7. The van der Waals surface area contributed by atoms with Gasteiger partial charge in [-0.05, 0) is 67.9 Å². The molecule has 8 heteroatoms. The highest BCUT2D eigenvalue weighted by atomic mass is 32.2. The number of carbonyl (C=O) groups excluding carboxylic acids is 1. The molecule has 174 valence electrons. The van der Waals surface area contributed by atoms with Gasteiger partial charge in [0, 0.05) is 0 Å². The van der Waals surface area contributed by atoms with Crippen molar-refractivity contribution in [2.45, 2.75) is 24.8 Å². The first-order valence-electron chi connectivity index (χ1n) is 10.6. The maximum Gasteiger partial charge on any atom is 0.264 e. The third-order valence-corrected chi connectivity index (χ3v) is 6.84. The summed E-state index contributed by atoms with van der Waals surface area (Å²) in [6.45, 7) is 3.82. The highest BCUT2D eigenvalue weighted by Crippen LogP contribution is 2.25. The van der Waals surface area contributed by atoms with Gasteiger partial charge in [-0.3, -0.25) is 9.10 Å². The lowest BCUT2D eigenvalue weighted by Gasteiger charge is -2.25. The van der Waals surface area contributed by atoms with Gasteiger partial charge in [0.2, 0.25) is 5.91 Å². The number of nitrogens with zero attached hydrogens (tertiary/aromatic N) is 1. The zero-order chi connectivity index (χ0) is 23.8. The fourth-order valence-corrected chi connectivity index (χ4v) is 4.73. The summed E-state index contributed by atoms with van der Waals surface area (Å²) >= 11 is 0. The third kappa shape index (κ3) is 6.04. The molecule has 3 rings (SSSR count). The summed E-state index contributed by atoms with van der Waals surface area (Å²) in [5.41, 5.74) is 1.28. The maximum atomic E-state index is 13.5. The lowest BCUT2D eigenvalue weighted by molar-refractivity contribution is -0.120. The first-order chi connectivity index (χ1) is 15.8. The predicted octanol–water partition coefficient (Wildman–Crippen LogP) is 4.17. The van der Waals surface area contributed by atoms with Gasteiger partial charge in [0.1, 0.15) is 18.0 Å². The van der Waals surface area contributed by atoms with Crippen molar-refractivity contribution in [2.24, 2.45) is 0 Å². The van der Waals surface area contributed by atoms with Crippen LogP contribution < -0.4 is 19.1 Å². The molecule has 0 spiro atoms. The van der Waals surface area contributed by atoms with Crippen LogP contribution in [0.5, 0.6) is 11.5 Å². The standard InChI is InChI=1S/C25H28N2O5S/c1-4-32-23-14-16-24(17-15-23)33(29,30)27(21-8-6-5-7-9-21)18-25(28)26-19(2)20-10-12-22(31-3)13-11-20/h5-17,19H,4,18H2,1-3H3,(H,26,28)/t19-/m1/s1. The normalized spacial score (nSPS) is 12.0. The Hall–Kier alpha value is -3.52. The van der Waals surface area contributed by atoms with Crippen LogP contribution in [-0.2, 0) is 14.8 Å². The summed E-state index contributed by atoms with van der Waals surface area (Å²) in [5, 5.41) is 2.88. The van der Waals surface area contributed by atoms with Crippen LogP contribution in [0.15, 0.2) is 83.8 Å². The van der Waals surface area contributed by atoms with Gasteiger partial charge in [-0.15, -0.1) is 0 Å². The molecule has 33 heavy (non-hydrogen) atoms. The minimum Gasteiger partial charge on any atom is -0.497 e. The average molecular weight is 469 g/mol. The number of rotatable bonds is 10. The van der Waals surface area contributed by atoms with Crippen LogP contribution in [0, 0.1) is 0 Å². The molecule has 0 fully saturated rings. The molecule has 0 heterocycles. The second-order valence-corrected chi connectivity index (χ2v) is 9.18. The number of sulfonamides is 1. The fourth-order valence-electron chi connectivity index (χ4n) is 3.30. The summed E-state index contributed by atoms with van der Waals surface area (Å²) < 4.78 is 38.6. The number of methoxy groups -OCH3 is 1. The lowest BCUT2D eigenvalue weighted by atomic mass is 10.1. The van der Waals surface area contributed by atoms with Gasteiger partial charge in [0.25, 0.3) is 10.0 Å². The van der Waals surface area contributed by atoms with Gasteiger partial charge in [0.15, 0.2) is 0 Å². The smallest absolute Gasteiger partial charge is 0.264 e.